The van der Waals surface area contributed by atoms with Gasteiger partial charge in [-0.2, -0.15) is 0 Å². The van der Waals surface area contributed by atoms with Gasteiger partial charge >= 0.3 is 11.8 Å². The van der Waals surface area contributed by atoms with E-state index in [9.17, 15) is 14.4 Å². The summed E-state index contributed by atoms with van der Waals surface area (Å²) in [5, 5.41) is 5.91. The third kappa shape index (κ3) is 2.77. The fourth-order valence-corrected chi connectivity index (χ4v) is 2.55. The summed E-state index contributed by atoms with van der Waals surface area (Å²) in [4.78, 5) is 39.5. The molecule has 0 aromatic heterocycles. The molecular weight excluding hydrogens is 260 g/mol. The number of nitrogens with zero attached hydrogens (tertiary/aromatic N) is 2. The first kappa shape index (κ1) is 14.8. The van der Waals surface area contributed by atoms with Crippen molar-refractivity contribution in [1.82, 2.24) is 20.4 Å². The van der Waals surface area contributed by atoms with Crippen molar-refractivity contribution in [2.75, 3.05) is 39.3 Å². The van der Waals surface area contributed by atoms with Gasteiger partial charge in [0.25, 0.3) is 0 Å². The van der Waals surface area contributed by atoms with Gasteiger partial charge in [-0.05, 0) is 26.8 Å². The van der Waals surface area contributed by atoms with E-state index in [0.29, 0.717) is 32.7 Å². The standard InChI is InChI=1S/C13H22N4O3/c1-13(2)12(20)15-6-9-17(13)11(19)10(18)16-7-3-4-14-5-8-16/h14H,3-9H2,1-2H3,(H,15,20). The topological polar surface area (TPSA) is 81.8 Å². The molecule has 2 aliphatic rings. The minimum absolute atomic E-state index is 0.220. The lowest BCUT2D eigenvalue weighted by molar-refractivity contribution is -0.159. The molecule has 0 atom stereocenters. The summed E-state index contributed by atoms with van der Waals surface area (Å²) in [7, 11) is 0. The fourth-order valence-electron chi connectivity index (χ4n) is 2.55. The molecule has 2 N–H and O–H groups in total. The van der Waals surface area contributed by atoms with E-state index in [1.54, 1.807) is 18.7 Å². The Balaban J connectivity index is 2.09. The van der Waals surface area contributed by atoms with Gasteiger partial charge in [0, 0.05) is 32.7 Å². The molecule has 2 saturated heterocycles. The van der Waals surface area contributed by atoms with Gasteiger partial charge in [-0.1, -0.05) is 0 Å². The number of amides is 3. The first-order chi connectivity index (χ1) is 9.44. The number of hydrogen-bond acceptors (Lipinski definition) is 4. The number of nitrogens with one attached hydrogen (secondary N) is 2. The zero-order chi connectivity index (χ0) is 14.8. The zero-order valence-electron chi connectivity index (χ0n) is 12.1. The molecule has 0 bridgehead atoms. The van der Waals surface area contributed by atoms with Crippen molar-refractivity contribution in [3.63, 3.8) is 0 Å². The normalized spacial score (nSPS) is 23.0. The predicted molar refractivity (Wildman–Crippen MR) is 72.9 cm³/mol. The molecule has 3 amide bonds. The van der Waals surface area contributed by atoms with Crippen molar-refractivity contribution in [2.45, 2.75) is 25.8 Å². The fraction of sp³-hybridized carbons (Fsp3) is 0.769. The lowest BCUT2D eigenvalue weighted by Crippen LogP contribution is -2.65. The van der Waals surface area contributed by atoms with Gasteiger partial charge < -0.3 is 20.4 Å². The lowest BCUT2D eigenvalue weighted by Gasteiger charge is -2.41. The number of carbonyl (C=O) groups excluding carboxylic acids is 3. The molecular formula is C13H22N4O3. The monoisotopic (exact) mass is 282 g/mol. The highest BCUT2D eigenvalue weighted by atomic mass is 16.2. The number of rotatable bonds is 0. The Morgan fingerprint density at radius 2 is 1.80 bits per heavy atom. The Hall–Kier alpha value is -1.63. The van der Waals surface area contributed by atoms with Gasteiger partial charge in [-0.15, -0.1) is 0 Å². The third-order valence-electron chi connectivity index (χ3n) is 3.91. The van der Waals surface area contributed by atoms with E-state index in [4.69, 9.17) is 0 Å². The van der Waals surface area contributed by atoms with Crippen molar-refractivity contribution in [3.8, 4) is 0 Å². The van der Waals surface area contributed by atoms with Crippen LogP contribution in [0.4, 0.5) is 0 Å². The highest BCUT2D eigenvalue weighted by Crippen LogP contribution is 2.18. The predicted octanol–water partition coefficient (Wildman–Crippen LogP) is -1.45. The van der Waals surface area contributed by atoms with Crippen molar-refractivity contribution in [1.29, 1.82) is 0 Å². The average molecular weight is 282 g/mol. The minimum Gasteiger partial charge on any atom is -0.352 e. The van der Waals surface area contributed by atoms with E-state index in [2.05, 4.69) is 10.6 Å². The van der Waals surface area contributed by atoms with E-state index in [1.165, 1.54) is 4.90 Å². The van der Waals surface area contributed by atoms with Crippen molar-refractivity contribution in [2.24, 2.45) is 0 Å². The van der Waals surface area contributed by atoms with E-state index in [0.717, 1.165) is 13.0 Å². The summed E-state index contributed by atoms with van der Waals surface area (Å²) >= 11 is 0. The molecule has 0 unspecified atom stereocenters. The number of hydrogen-bond donors (Lipinski definition) is 2. The lowest BCUT2D eigenvalue weighted by atomic mass is 9.98. The molecule has 0 aromatic rings. The molecule has 2 aliphatic heterocycles. The second-order valence-electron chi connectivity index (χ2n) is 5.67. The summed E-state index contributed by atoms with van der Waals surface area (Å²) in [6.07, 6.45) is 0.836. The van der Waals surface area contributed by atoms with Crippen LogP contribution < -0.4 is 10.6 Å². The average Bonchev–Trinajstić information content (AvgIpc) is 2.69. The zero-order valence-corrected chi connectivity index (χ0v) is 12.1. The summed E-state index contributed by atoms with van der Waals surface area (Å²) in [6, 6.07) is 0. The molecule has 0 saturated carbocycles. The van der Waals surface area contributed by atoms with Crippen LogP contribution in [0.25, 0.3) is 0 Å². The molecule has 2 fully saturated rings. The van der Waals surface area contributed by atoms with Crippen molar-refractivity contribution < 1.29 is 14.4 Å². The van der Waals surface area contributed by atoms with Gasteiger partial charge in [0.2, 0.25) is 5.91 Å². The molecule has 7 nitrogen and oxygen atoms in total. The van der Waals surface area contributed by atoms with Crippen LogP contribution in [0, 0.1) is 0 Å². The summed E-state index contributed by atoms with van der Waals surface area (Å²) < 4.78 is 0. The van der Waals surface area contributed by atoms with Crippen LogP contribution in [-0.2, 0) is 14.4 Å². The van der Waals surface area contributed by atoms with Gasteiger partial charge in [-0.25, -0.2) is 0 Å². The number of piperazine rings is 1. The van der Waals surface area contributed by atoms with Crippen LogP contribution in [0.1, 0.15) is 20.3 Å². The van der Waals surface area contributed by atoms with Crippen LogP contribution in [0.3, 0.4) is 0 Å². The van der Waals surface area contributed by atoms with Crippen molar-refractivity contribution in [3.05, 3.63) is 0 Å². The Morgan fingerprint density at radius 3 is 2.55 bits per heavy atom. The molecule has 112 valence electrons. The minimum atomic E-state index is -0.977. The highest BCUT2D eigenvalue weighted by molar-refractivity contribution is 6.35. The second-order valence-corrected chi connectivity index (χ2v) is 5.67. The third-order valence-corrected chi connectivity index (χ3v) is 3.91. The maximum atomic E-state index is 12.4. The number of carbonyl (C=O) groups is 3. The Kier molecular flexibility index (Phi) is 4.27. The molecule has 0 aliphatic carbocycles. The first-order valence-electron chi connectivity index (χ1n) is 7.04. The van der Waals surface area contributed by atoms with E-state index >= 15 is 0 Å². The molecule has 0 radical (unpaired) electrons. The van der Waals surface area contributed by atoms with Gasteiger partial charge in [0.1, 0.15) is 5.54 Å². The molecule has 7 heteroatoms. The van der Waals surface area contributed by atoms with Crippen molar-refractivity contribution >= 4 is 17.7 Å². The molecule has 0 aromatic carbocycles. The molecule has 0 spiro atoms. The van der Waals surface area contributed by atoms with E-state index < -0.39 is 17.4 Å². The molecule has 2 heterocycles. The van der Waals surface area contributed by atoms with Crippen LogP contribution in [0.15, 0.2) is 0 Å². The summed E-state index contributed by atoms with van der Waals surface area (Å²) in [5.41, 5.74) is -0.977. The largest absolute Gasteiger partial charge is 0.352 e. The van der Waals surface area contributed by atoms with Crippen LogP contribution in [-0.4, -0.2) is 72.3 Å². The molecule has 20 heavy (non-hydrogen) atoms. The van der Waals surface area contributed by atoms with Crippen LogP contribution in [0.5, 0.6) is 0 Å². The maximum Gasteiger partial charge on any atom is 0.313 e. The van der Waals surface area contributed by atoms with Gasteiger partial charge in [-0.3, -0.25) is 14.4 Å². The Labute approximate surface area is 118 Å². The SMILES string of the molecule is CC1(C)C(=O)NCCN1C(=O)C(=O)N1CCCNCC1. The molecule has 2 rings (SSSR count). The Bertz CT molecular complexity index is 414. The van der Waals surface area contributed by atoms with Gasteiger partial charge in [0.05, 0.1) is 0 Å². The quantitative estimate of drug-likeness (QED) is 0.532. The Morgan fingerprint density at radius 1 is 1.05 bits per heavy atom. The van der Waals surface area contributed by atoms with Gasteiger partial charge in [0.15, 0.2) is 0 Å². The van der Waals surface area contributed by atoms with Crippen LogP contribution >= 0.6 is 0 Å². The van der Waals surface area contributed by atoms with Crippen LogP contribution in [0.2, 0.25) is 0 Å². The highest BCUT2D eigenvalue weighted by Gasteiger charge is 2.43. The van der Waals surface area contributed by atoms with E-state index in [-0.39, 0.29) is 5.91 Å². The van der Waals surface area contributed by atoms with E-state index in [1.807, 2.05) is 0 Å². The summed E-state index contributed by atoms with van der Waals surface area (Å²) in [6.45, 7) is 6.76. The maximum absolute atomic E-state index is 12.4. The smallest absolute Gasteiger partial charge is 0.313 e. The first-order valence-corrected chi connectivity index (χ1v) is 7.04. The second kappa shape index (κ2) is 5.78. The summed E-state index contributed by atoms with van der Waals surface area (Å²) in [5.74, 6) is -1.30.